The van der Waals surface area contributed by atoms with Gasteiger partial charge < -0.3 is 10.1 Å². The standard InChI is InChI=1S/C20H24FN3O4/c1-5-23(11-15-7-9-18(28-4)16(21)10-15)12-19(25)22-20-14(3)13(2)6-8-17(20)24(26)27/h6-10H,5,11-12H2,1-4H3,(H,22,25). The van der Waals surface area contributed by atoms with Crippen LogP contribution in [0.3, 0.4) is 0 Å². The van der Waals surface area contributed by atoms with Crippen LogP contribution >= 0.6 is 0 Å². The Morgan fingerprint density at radius 1 is 1.29 bits per heavy atom. The van der Waals surface area contributed by atoms with E-state index in [1.54, 1.807) is 19.1 Å². The number of likely N-dealkylation sites (N-methyl/N-ethyl adjacent to an activating group) is 1. The maximum absolute atomic E-state index is 13.9. The van der Waals surface area contributed by atoms with E-state index in [1.807, 2.05) is 18.7 Å². The number of nitrogens with one attached hydrogen (secondary N) is 1. The van der Waals surface area contributed by atoms with Gasteiger partial charge in [0.25, 0.3) is 5.69 Å². The van der Waals surface area contributed by atoms with Crippen LogP contribution in [0.15, 0.2) is 30.3 Å². The summed E-state index contributed by atoms with van der Waals surface area (Å²) in [6, 6.07) is 7.68. The highest BCUT2D eigenvalue weighted by Crippen LogP contribution is 2.30. The number of nitro benzene ring substituents is 1. The second-order valence-electron chi connectivity index (χ2n) is 6.48. The fraction of sp³-hybridized carbons (Fsp3) is 0.350. The molecule has 0 aliphatic carbocycles. The number of carbonyl (C=O) groups excluding carboxylic acids is 1. The van der Waals surface area contributed by atoms with Crippen LogP contribution in [0, 0.1) is 29.8 Å². The second kappa shape index (κ2) is 9.27. The SMILES string of the molecule is CCN(CC(=O)Nc1c([N+](=O)[O-])ccc(C)c1C)Cc1ccc(OC)c(F)c1. The number of aryl methyl sites for hydroxylation is 1. The van der Waals surface area contributed by atoms with Crippen molar-refractivity contribution in [3.8, 4) is 5.75 Å². The average Bonchev–Trinajstić information content (AvgIpc) is 2.65. The molecule has 0 spiro atoms. The van der Waals surface area contributed by atoms with E-state index in [1.165, 1.54) is 25.3 Å². The summed E-state index contributed by atoms with van der Waals surface area (Å²) in [4.78, 5) is 25.1. The Kier molecular flexibility index (Phi) is 7.06. The van der Waals surface area contributed by atoms with Gasteiger partial charge >= 0.3 is 0 Å². The molecule has 0 aromatic heterocycles. The first-order valence-corrected chi connectivity index (χ1v) is 8.86. The Balaban J connectivity index is 2.12. The number of hydrogen-bond donors (Lipinski definition) is 1. The summed E-state index contributed by atoms with van der Waals surface area (Å²) >= 11 is 0. The molecule has 1 N–H and O–H groups in total. The van der Waals surface area contributed by atoms with Crippen LogP contribution in [0.5, 0.6) is 5.75 Å². The molecule has 0 radical (unpaired) electrons. The number of halogens is 1. The normalized spacial score (nSPS) is 10.8. The lowest BCUT2D eigenvalue weighted by atomic mass is 10.1. The first-order chi connectivity index (χ1) is 13.3. The van der Waals surface area contributed by atoms with Gasteiger partial charge in [0.2, 0.25) is 5.91 Å². The largest absolute Gasteiger partial charge is 0.494 e. The molecular formula is C20H24FN3O4. The number of anilines is 1. The number of benzene rings is 2. The van der Waals surface area contributed by atoms with Gasteiger partial charge in [0.1, 0.15) is 5.69 Å². The molecule has 1 amide bonds. The van der Waals surface area contributed by atoms with Gasteiger partial charge in [0.15, 0.2) is 11.6 Å². The molecule has 28 heavy (non-hydrogen) atoms. The fourth-order valence-electron chi connectivity index (χ4n) is 2.84. The molecule has 8 heteroatoms. The maximum atomic E-state index is 13.9. The van der Waals surface area contributed by atoms with Crippen molar-refractivity contribution in [2.75, 3.05) is 25.5 Å². The molecule has 150 valence electrons. The number of methoxy groups -OCH3 is 1. The summed E-state index contributed by atoms with van der Waals surface area (Å²) in [5.41, 5.74) is 2.27. The van der Waals surface area contributed by atoms with Crippen LogP contribution in [0.2, 0.25) is 0 Å². The molecule has 0 fully saturated rings. The highest BCUT2D eigenvalue weighted by atomic mass is 19.1. The smallest absolute Gasteiger partial charge is 0.293 e. The summed E-state index contributed by atoms with van der Waals surface area (Å²) in [5.74, 6) is -0.675. The molecule has 0 saturated carbocycles. The summed E-state index contributed by atoms with van der Waals surface area (Å²) in [6.07, 6.45) is 0. The topological polar surface area (TPSA) is 84.7 Å². The minimum Gasteiger partial charge on any atom is -0.494 e. The molecule has 2 rings (SSSR count). The zero-order valence-corrected chi connectivity index (χ0v) is 16.4. The lowest BCUT2D eigenvalue weighted by molar-refractivity contribution is -0.384. The zero-order chi connectivity index (χ0) is 20.8. The molecular weight excluding hydrogens is 365 g/mol. The summed E-state index contributed by atoms with van der Waals surface area (Å²) in [5, 5.41) is 13.9. The van der Waals surface area contributed by atoms with Gasteiger partial charge in [0, 0.05) is 12.6 Å². The monoisotopic (exact) mass is 389 g/mol. The quantitative estimate of drug-likeness (QED) is 0.548. The van der Waals surface area contributed by atoms with Crippen LogP contribution in [-0.4, -0.2) is 35.9 Å². The van der Waals surface area contributed by atoms with E-state index in [-0.39, 0.29) is 29.6 Å². The first-order valence-electron chi connectivity index (χ1n) is 8.86. The maximum Gasteiger partial charge on any atom is 0.293 e. The van der Waals surface area contributed by atoms with E-state index in [0.717, 1.165) is 5.56 Å². The molecule has 0 heterocycles. The first kappa shape index (κ1) is 21.3. The lowest BCUT2D eigenvalue weighted by Crippen LogP contribution is -2.33. The molecule has 0 atom stereocenters. The zero-order valence-electron chi connectivity index (χ0n) is 16.4. The Morgan fingerprint density at radius 2 is 2.00 bits per heavy atom. The van der Waals surface area contributed by atoms with E-state index in [4.69, 9.17) is 4.74 Å². The van der Waals surface area contributed by atoms with Crippen LogP contribution < -0.4 is 10.1 Å². The summed E-state index contributed by atoms with van der Waals surface area (Å²) in [6.45, 7) is 6.37. The van der Waals surface area contributed by atoms with Crippen molar-refractivity contribution < 1.29 is 18.8 Å². The van der Waals surface area contributed by atoms with Crippen molar-refractivity contribution in [1.29, 1.82) is 0 Å². The van der Waals surface area contributed by atoms with Crippen molar-refractivity contribution in [2.24, 2.45) is 0 Å². The molecule has 0 aliphatic heterocycles. The molecule has 0 bridgehead atoms. The van der Waals surface area contributed by atoms with Gasteiger partial charge in [0.05, 0.1) is 18.6 Å². The van der Waals surface area contributed by atoms with Crippen LogP contribution in [0.25, 0.3) is 0 Å². The highest BCUT2D eigenvalue weighted by Gasteiger charge is 2.20. The van der Waals surface area contributed by atoms with Crippen molar-refractivity contribution in [1.82, 2.24) is 4.90 Å². The van der Waals surface area contributed by atoms with E-state index in [2.05, 4.69) is 5.32 Å². The second-order valence-corrected chi connectivity index (χ2v) is 6.48. The summed E-state index contributed by atoms with van der Waals surface area (Å²) < 4.78 is 18.8. The van der Waals surface area contributed by atoms with E-state index < -0.39 is 10.7 Å². The Bertz CT molecular complexity index is 886. The van der Waals surface area contributed by atoms with Crippen LogP contribution in [0.4, 0.5) is 15.8 Å². The van der Waals surface area contributed by atoms with Gasteiger partial charge in [-0.05, 0) is 49.2 Å². The fourth-order valence-corrected chi connectivity index (χ4v) is 2.84. The number of carbonyl (C=O) groups is 1. The lowest BCUT2D eigenvalue weighted by Gasteiger charge is -2.20. The minimum absolute atomic E-state index is 0.0225. The average molecular weight is 389 g/mol. The van der Waals surface area contributed by atoms with Gasteiger partial charge in [-0.1, -0.05) is 19.1 Å². The van der Waals surface area contributed by atoms with Crippen molar-refractivity contribution in [3.05, 3.63) is 63.0 Å². The van der Waals surface area contributed by atoms with Gasteiger partial charge in [-0.3, -0.25) is 19.8 Å². The van der Waals surface area contributed by atoms with Gasteiger partial charge in [-0.2, -0.15) is 0 Å². The van der Waals surface area contributed by atoms with Gasteiger partial charge in [-0.25, -0.2) is 4.39 Å². The van der Waals surface area contributed by atoms with E-state index >= 15 is 0 Å². The highest BCUT2D eigenvalue weighted by molar-refractivity contribution is 5.95. The van der Waals surface area contributed by atoms with E-state index in [9.17, 15) is 19.3 Å². The molecule has 7 nitrogen and oxygen atoms in total. The van der Waals surface area contributed by atoms with Gasteiger partial charge in [-0.15, -0.1) is 0 Å². The molecule has 2 aromatic carbocycles. The van der Waals surface area contributed by atoms with Crippen molar-refractivity contribution in [3.63, 3.8) is 0 Å². The number of nitrogens with zero attached hydrogens (tertiary/aromatic N) is 2. The van der Waals surface area contributed by atoms with Crippen molar-refractivity contribution in [2.45, 2.75) is 27.3 Å². The number of rotatable bonds is 8. The number of nitro groups is 1. The number of hydrogen-bond acceptors (Lipinski definition) is 5. The summed E-state index contributed by atoms with van der Waals surface area (Å²) in [7, 11) is 1.40. The molecule has 0 saturated heterocycles. The third-order valence-electron chi connectivity index (χ3n) is 4.61. The number of amides is 1. The predicted octanol–water partition coefficient (Wildman–Crippen LogP) is 3.82. The van der Waals surface area contributed by atoms with Crippen LogP contribution in [-0.2, 0) is 11.3 Å². The Labute approximate surface area is 163 Å². The van der Waals surface area contributed by atoms with E-state index in [0.29, 0.717) is 24.2 Å². The van der Waals surface area contributed by atoms with Crippen molar-refractivity contribution >= 4 is 17.3 Å². The predicted molar refractivity (Wildman–Crippen MR) is 105 cm³/mol. The Hall–Kier alpha value is -3.00. The molecule has 2 aromatic rings. The minimum atomic E-state index is -0.514. The third-order valence-corrected chi connectivity index (χ3v) is 4.61. The molecule has 0 aliphatic rings. The van der Waals surface area contributed by atoms with Crippen LogP contribution in [0.1, 0.15) is 23.6 Å². The Morgan fingerprint density at radius 3 is 2.57 bits per heavy atom. The third kappa shape index (κ3) is 5.04. The molecule has 0 unspecified atom stereocenters. The number of ether oxygens (including phenoxy) is 1.